The summed E-state index contributed by atoms with van der Waals surface area (Å²) >= 11 is 0. The number of halogens is 1. The molecular weight excluding hydrogens is 326 g/mol. The summed E-state index contributed by atoms with van der Waals surface area (Å²) in [5.74, 6) is 0.663. The molecule has 1 aliphatic heterocycles. The Bertz CT molecular complexity index is 639. The van der Waals surface area contributed by atoms with E-state index in [1.807, 2.05) is 4.90 Å². The van der Waals surface area contributed by atoms with Crippen LogP contribution in [0.2, 0.25) is 0 Å². The summed E-state index contributed by atoms with van der Waals surface area (Å²) in [6, 6.07) is 4.44. The van der Waals surface area contributed by atoms with Gasteiger partial charge in [-0.25, -0.2) is 8.42 Å². The fourth-order valence-electron chi connectivity index (χ4n) is 2.65. The maximum absolute atomic E-state index is 12.2. The number of carbonyl (C=O) groups is 1. The van der Waals surface area contributed by atoms with Gasteiger partial charge in [-0.15, -0.1) is 0 Å². The van der Waals surface area contributed by atoms with Gasteiger partial charge in [0.15, 0.2) is 0 Å². The van der Waals surface area contributed by atoms with Gasteiger partial charge in [0, 0.05) is 30.2 Å². The molecule has 0 atom stereocenters. The number of rotatable bonds is 5. The molecule has 0 saturated carbocycles. The smallest absolute Gasteiger partial charge is 0.261 e. The van der Waals surface area contributed by atoms with E-state index in [0.29, 0.717) is 24.2 Å². The molecule has 1 amide bonds. The topological polar surface area (TPSA) is 63.7 Å². The number of methoxy groups -OCH3 is 1. The predicted molar refractivity (Wildman–Crippen MR) is 84.8 cm³/mol. The lowest BCUT2D eigenvalue weighted by molar-refractivity contribution is -0.132. The molecule has 5 nitrogen and oxygen atoms in total. The van der Waals surface area contributed by atoms with Crippen molar-refractivity contribution >= 4 is 25.6 Å². The molecular formula is C15H20ClNO4S. The van der Waals surface area contributed by atoms with Crippen LogP contribution in [-0.2, 0) is 20.3 Å². The van der Waals surface area contributed by atoms with E-state index in [1.54, 1.807) is 6.07 Å². The van der Waals surface area contributed by atoms with E-state index in [0.717, 1.165) is 25.9 Å². The van der Waals surface area contributed by atoms with E-state index in [9.17, 15) is 13.2 Å². The Balaban J connectivity index is 2.09. The summed E-state index contributed by atoms with van der Waals surface area (Å²) in [6.45, 7) is 1.62. The Morgan fingerprint density at radius 2 is 1.95 bits per heavy atom. The third-order valence-corrected chi connectivity index (χ3v) is 5.20. The largest absolute Gasteiger partial charge is 0.496 e. The predicted octanol–water partition coefficient (Wildman–Crippen LogP) is 2.57. The molecule has 1 aliphatic rings. The van der Waals surface area contributed by atoms with Gasteiger partial charge in [0.2, 0.25) is 5.91 Å². The molecule has 7 heteroatoms. The normalized spacial score (nSPS) is 15.6. The highest BCUT2D eigenvalue weighted by Crippen LogP contribution is 2.26. The summed E-state index contributed by atoms with van der Waals surface area (Å²) in [5, 5.41) is 0. The van der Waals surface area contributed by atoms with Gasteiger partial charge in [-0.1, -0.05) is 0 Å². The molecule has 2 rings (SSSR count). The zero-order valence-electron chi connectivity index (χ0n) is 12.5. The van der Waals surface area contributed by atoms with Crippen LogP contribution in [0.3, 0.4) is 0 Å². The fourth-order valence-corrected chi connectivity index (χ4v) is 3.45. The number of amides is 1. The van der Waals surface area contributed by atoms with Crippen LogP contribution >= 0.6 is 10.7 Å². The number of hydrogen-bond donors (Lipinski definition) is 0. The van der Waals surface area contributed by atoms with Crippen molar-refractivity contribution in [3.05, 3.63) is 23.8 Å². The second-order valence-electron chi connectivity index (χ2n) is 5.35. The number of nitrogens with zero attached hydrogens (tertiary/aromatic N) is 1. The molecule has 0 aromatic heterocycles. The Labute approximate surface area is 135 Å². The number of likely N-dealkylation sites (tertiary alicyclic amines) is 1. The minimum absolute atomic E-state index is 0.0235. The molecule has 0 N–H and O–H groups in total. The Hall–Kier alpha value is -1.27. The first-order valence-electron chi connectivity index (χ1n) is 7.31. The second-order valence-corrected chi connectivity index (χ2v) is 7.92. The molecule has 1 fully saturated rings. The van der Waals surface area contributed by atoms with E-state index in [2.05, 4.69) is 0 Å². The van der Waals surface area contributed by atoms with Crippen LogP contribution < -0.4 is 4.74 Å². The molecule has 122 valence electrons. The van der Waals surface area contributed by atoms with E-state index in [1.165, 1.54) is 25.7 Å². The lowest BCUT2D eigenvalue weighted by Gasteiger charge is -2.26. The monoisotopic (exact) mass is 345 g/mol. The van der Waals surface area contributed by atoms with Crippen molar-refractivity contribution in [2.24, 2.45) is 0 Å². The van der Waals surface area contributed by atoms with Gasteiger partial charge in [0.1, 0.15) is 5.75 Å². The van der Waals surface area contributed by atoms with Gasteiger partial charge in [-0.3, -0.25) is 4.79 Å². The van der Waals surface area contributed by atoms with Crippen LogP contribution in [-0.4, -0.2) is 39.4 Å². The van der Waals surface area contributed by atoms with Gasteiger partial charge >= 0.3 is 0 Å². The van der Waals surface area contributed by atoms with Gasteiger partial charge in [-0.2, -0.15) is 0 Å². The first kappa shape index (κ1) is 17.1. The molecule has 1 heterocycles. The number of aryl methyl sites for hydroxylation is 1. The number of ether oxygens (including phenoxy) is 1. The van der Waals surface area contributed by atoms with Crippen LogP contribution in [0.5, 0.6) is 5.75 Å². The summed E-state index contributed by atoms with van der Waals surface area (Å²) < 4.78 is 28.1. The first-order valence-corrected chi connectivity index (χ1v) is 9.62. The molecule has 0 unspecified atom stereocenters. The fraction of sp³-hybridized carbons (Fsp3) is 0.533. The van der Waals surface area contributed by atoms with Crippen molar-refractivity contribution in [1.82, 2.24) is 4.90 Å². The van der Waals surface area contributed by atoms with Crippen LogP contribution in [0.25, 0.3) is 0 Å². The lowest BCUT2D eigenvalue weighted by Crippen LogP contribution is -2.35. The SMILES string of the molecule is COc1ccc(S(=O)(=O)Cl)cc1CCC(=O)N1CCCCC1. The quantitative estimate of drug-likeness (QED) is 0.769. The van der Waals surface area contributed by atoms with Crippen LogP contribution in [0, 0.1) is 0 Å². The Kier molecular flexibility index (Phi) is 5.69. The second kappa shape index (κ2) is 7.33. The summed E-state index contributed by atoms with van der Waals surface area (Å²) in [6.07, 6.45) is 4.04. The van der Waals surface area contributed by atoms with Crippen LogP contribution in [0.15, 0.2) is 23.1 Å². The zero-order chi connectivity index (χ0) is 16.2. The molecule has 0 spiro atoms. The van der Waals surface area contributed by atoms with Crippen LogP contribution in [0.1, 0.15) is 31.2 Å². The zero-order valence-corrected chi connectivity index (χ0v) is 14.1. The molecule has 22 heavy (non-hydrogen) atoms. The maximum Gasteiger partial charge on any atom is 0.261 e. The van der Waals surface area contributed by atoms with E-state index in [4.69, 9.17) is 15.4 Å². The highest BCUT2D eigenvalue weighted by molar-refractivity contribution is 8.13. The van der Waals surface area contributed by atoms with Crippen molar-refractivity contribution in [1.29, 1.82) is 0 Å². The van der Waals surface area contributed by atoms with Crippen molar-refractivity contribution in [2.45, 2.75) is 37.0 Å². The standard InChI is InChI=1S/C15H20ClNO4S/c1-21-14-7-6-13(22(16,19)20)11-12(14)5-8-15(18)17-9-3-2-4-10-17/h6-7,11H,2-5,8-10H2,1H3. The molecule has 0 radical (unpaired) electrons. The number of piperidine rings is 1. The van der Waals surface area contributed by atoms with Crippen molar-refractivity contribution in [3.8, 4) is 5.75 Å². The van der Waals surface area contributed by atoms with E-state index >= 15 is 0 Å². The number of benzene rings is 1. The average molecular weight is 346 g/mol. The molecule has 1 aromatic rings. The third-order valence-electron chi connectivity index (χ3n) is 3.85. The molecule has 1 saturated heterocycles. The van der Waals surface area contributed by atoms with E-state index in [-0.39, 0.29) is 10.8 Å². The molecule has 1 aromatic carbocycles. The third kappa shape index (κ3) is 4.36. The highest BCUT2D eigenvalue weighted by atomic mass is 35.7. The summed E-state index contributed by atoms with van der Waals surface area (Å²) in [4.78, 5) is 14.1. The maximum atomic E-state index is 12.2. The van der Waals surface area contributed by atoms with E-state index < -0.39 is 9.05 Å². The first-order chi connectivity index (χ1) is 10.4. The summed E-state index contributed by atoms with van der Waals surface area (Å²) in [7, 11) is 3.09. The van der Waals surface area contributed by atoms with Crippen molar-refractivity contribution < 1.29 is 17.9 Å². The minimum atomic E-state index is -3.79. The van der Waals surface area contributed by atoms with Crippen molar-refractivity contribution in [3.63, 3.8) is 0 Å². The number of hydrogen-bond acceptors (Lipinski definition) is 4. The molecule has 0 aliphatic carbocycles. The average Bonchev–Trinajstić information content (AvgIpc) is 2.52. The minimum Gasteiger partial charge on any atom is -0.496 e. The summed E-state index contributed by atoms with van der Waals surface area (Å²) in [5.41, 5.74) is 0.676. The number of carbonyl (C=O) groups excluding carboxylic acids is 1. The van der Waals surface area contributed by atoms with Gasteiger partial charge < -0.3 is 9.64 Å². The lowest BCUT2D eigenvalue weighted by atomic mass is 10.1. The van der Waals surface area contributed by atoms with Crippen LogP contribution in [0.4, 0.5) is 0 Å². The van der Waals surface area contributed by atoms with Gasteiger partial charge in [-0.05, 0) is 49.4 Å². The highest BCUT2D eigenvalue weighted by Gasteiger charge is 2.18. The van der Waals surface area contributed by atoms with Gasteiger partial charge in [0.25, 0.3) is 9.05 Å². The Morgan fingerprint density at radius 3 is 2.55 bits per heavy atom. The molecule has 0 bridgehead atoms. The Morgan fingerprint density at radius 1 is 1.27 bits per heavy atom. The van der Waals surface area contributed by atoms with Gasteiger partial charge in [0.05, 0.1) is 12.0 Å². The van der Waals surface area contributed by atoms with Crippen molar-refractivity contribution in [2.75, 3.05) is 20.2 Å².